The number of hydrogen-bond donors (Lipinski definition) is 1. The topological polar surface area (TPSA) is 76.1 Å². The lowest BCUT2D eigenvalue weighted by atomic mass is 9.51. The first-order valence-corrected chi connectivity index (χ1v) is 7.70. The Balaban J connectivity index is 1.88. The van der Waals surface area contributed by atoms with Crippen molar-refractivity contribution in [3.8, 4) is 6.07 Å². The van der Waals surface area contributed by atoms with E-state index in [0.29, 0.717) is 17.5 Å². The second-order valence-electron chi connectivity index (χ2n) is 6.62. The number of nitrogens with two attached hydrogens (primary N) is 1. The molecule has 0 amide bonds. The van der Waals surface area contributed by atoms with E-state index in [1.807, 2.05) is 6.07 Å². The molecule has 0 heterocycles. The van der Waals surface area contributed by atoms with Crippen molar-refractivity contribution in [1.82, 2.24) is 0 Å². The fourth-order valence-electron chi connectivity index (χ4n) is 5.03. The molecule has 0 aromatic rings. The third-order valence-corrected chi connectivity index (χ3v) is 5.47. The van der Waals surface area contributed by atoms with Gasteiger partial charge in [-0.3, -0.25) is 0 Å². The number of carbonyl (C=O) groups excluding carboxylic acids is 1. The third-order valence-electron chi connectivity index (χ3n) is 5.47. The first-order valence-electron chi connectivity index (χ1n) is 7.70. The van der Waals surface area contributed by atoms with E-state index in [2.05, 4.69) is 0 Å². The minimum Gasteiger partial charge on any atom is -0.462 e. The van der Waals surface area contributed by atoms with Crippen LogP contribution in [0.4, 0.5) is 0 Å². The Hall–Kier alpha value is -1.50. The summed E-state index contributed by atoms with van der Waals surface area (Å²) in [6.45, 7) is 2.02. The maximum atomic E-state index is 11.9. The van der Waals surface area contributed by atoms with Crippen LogP contribution in [0.3, 0.4) is 0 Å². The zero-order chi connectivity index (χ0) is 14.3. The summed E-state index contributed by atoms with van der Waals surface area (Å²) in [5.74, 6) is 2.53. The Morgan fingerprint density at radius 1 is 1.20 bits per heavy atom. The average Bonchev–Trinajstić information content (AvgIpc) is 2.38. The largest absolute Gasteiger partial charge is 0.462 e. The lowest BCUT2D eigenvalue weighted by Gasteiger charge is -2.54. The lowest BCUT2D eigenvalue weighted by Crippen LogP contribution is -2.47. The van der Waals surface area contributed by atoms with E-state index < -0.39 is 5.97 Å². The Morgan fingerprint density at radius 2 is 1.75 bits per heavy atom. The molecule has 4 aliphatic rings. The first kappa shape index (κ1) is 13.5. The van der Waals surface area contributed by atoms with Gasteiger partial charge in [0.1, 0.15) is 6.07 Å². The molecular weight excluding hydrogens is 252 g/mol. The van der Waals surface area contributed by atoms with Gasteiger partial charge >= 0.3 is 5.97 Å². The summed E-state index contributed by atoms with van der Waals surface area (Å²) in [7, 11) is 0. The molecule has 0 aromatic heterocycles. The van der Waals surface area contributed by atoms with Crippen molar-refractivity contribution in [3.05, 3.63) is 11.3 Å². The smallest absolute Gasteiger partial charge is 0.350 e. The molecule has 4 saturated carbocycles. The van der Waals surface area contributed by atoms with Crippen molar-refractivity contribution in [1.29, 1.82) is 5.26 Å². The molecule has 4 bridgehead atoms. The van der Waals surface area contributed by atoms with Gasteiger partial charge in [-0.25, -0.2) is 4.79 Å². The molecule has 0 atom stereocenters. The molecule has 4 fully saturated rings. The molecule has 0 saturated heterocycles. The molecule has 0 unspecified atom stereocenters. The molecule has 4 rings (SSSR count). The van der Waals surface area contributed by atoms with Gasteiger partial charge in [-0.15, -0.1) is 0 Å². The van der Waals surface area contributed by atoms with Crippen molar-refractivity contribution >= 4 is 5.97 Å². The van der Waals surface area contributed by atoms with Crippen molar-refractivity contribution in [3.63, 3.8) is 0 Å². The molecule has 0 aromatic carbocycles. The molecule has 4 nitrogen and oxygen atoms in total. The van der Waals surface area contributed by atoms with Crippen LogP contribution in [0.1, 0.15) is 39.0 Å². The number of rotatable bonds is 3. The molecule has 0 aliphatic heterocycles. The van der Waals surface area contributed by atoms with Crippen molar-refractivity contribution in [2.75, 3.05) is 6.61 Å². The molecule has 20 heavy (non-hydrogen) atoms. The maximum Gasteiger partial charge on any atom is 0.350 e. The van der Waals surface area contributed by atoms with E-state index in [1.54, 1.807) is 6.92 Å². The van der Waals surface area contributed by atoms with Gasteiger partial charge in [0.2, 0.25) is 0 Å². The molecule has 2 N–H and O–H groups in total. The number of nitriles is 1. The highest BCUT2D eigenvalue weighted by Gasteiger charge is 2.49. The van der Waals surface area contributed by atoms with Gasteiger partial charge in [0.15, 0.2) is 5.57 Å². The van der Waals surface area contributed by atoms with Gasteiger partial charge in [0.25, 0.3) is 0 Å². The SMILES string of the molecule is CCOC(=O)/C(C#N)=C(/N)C1C2CC3CC(C2)CC1C3. The van der Waals surface area contributed by atoms with Crippen molar-refractivity contribution < 1.29 is 9.53 Å². The van der Waals surface area contributed by atoms with Crippen LogP contribution in [0.25, 0.3) is 0 Å². The van der Waals surface area contributed by atoms with Crippen LogP contribution in [0.2, 0.25) is 0 Å². The van der Waals surface area contributed by atoms with Crippen LogP contribution in [0.15, 0.2) is 11.3 Å². The Bertz CT molecular complexity index is 461. The Morgan fingerprint density at radius 3 is 2.20 bits per heavy atom. The predicted octanol–water partition coefficient (Wildman–Crippen LogP) is 2.36. The summed E-state index contributed by atoms with van der Waals surface area (Å²) in [4.78, 5) is 11.9. The molecule has 4 aliphatic carbocycles. The van der Waals surface area contributed by atoms with Crippen LogP contribution in [0.5, 0.6) is 0 Å². The number of hydrogen-bond acceptors (Lipinski definition) is 4. The monoisotopic (exact) mass is 274 g/mol. The normalized spacial score (nSPS) is 39.1. The number of esters is 1. The van der Waals surface area contributed by atoms with Crippen LogP contribution in [-0.4, -0.2) is 12.6 Å². The molecular formula is C16H22N2O2. The molecule has 108 valence electrons. The molecule has 0 spiro atoms. The Kier molecular flexibility index (Phi) is 3.45. The third kappa shape index (κ3) is 2.09. The van der Waals surface area contributed by atoms with E-state index in [4.69, 9.17) is 10.5 Å². The standard InChI is InChI=1S/C16H22N2O2/c1-2-20-16(19)13(8-17)15(18)14-11-4-9-3-10(6-11)7-12(14)5-9/h9-12,14H,2-7,18H2,1H3/b15-13+. The van der Waals surface area contributed by atoms with Crippen LogP contribution in [0, 0.1) is 40.9 Å². The van der Waals surface area contributed by atoms with Crippen molar-refractivity contribution in [2.45, 2.75) is 39.0 Å². The summed E-state index contributed by atoms with van der Waals surface area (Å²) in [5.41, 5.74) is 6.79. The molecule has 0 radical (unpaired) electrons. The van der Waals surface area contributed by atoms with E-state index in [-0.39, 0.29) is 18.1 Å². The van der Waals surface area contributed by atoms with Gasteiger partial charge in [0, 0.05) is 11.6 Å². The average molecular weight is 274 g/mol. The number of allylic oxidation sites excluding steroid dienone is 1. The highest BCUT2D eigenvalue weighted by molar-refractivity contribution is 5.93. The second kappa shape index (κ2) is 5.12. The summed E-state index contributed by atoms with van der Waals surface area (Å²) in [5, 5.41) is 9.26. The second-order valence-corrected chi connectivity index (χ2v) is 6.62. The van der Waals surface area contributed by atoms with Crippen LogP contribution >= 0.6 is 0 Å². The summed E-state index contributed by atoms with van der Waals surface area (Å²) in [6.07, 6.45) is 6.27. The Labute approximate surface area is 120 Å². The molecule has 4 heteroatoms. The van der Waals surface area contributed by atoms with Gasteiger partial charge in [-0.2, -0.15) is 5.26 Å². The quantitative estimate of drug-likeness (QED) is 0.487. The fraction of sp³-hybridized carbons (Fsp3) is 0.750. The summed E-state index contributed by atoms with van der Waals surface area (Å²) >= 11 is 0. The van der Waals surface area contributed by atoms with Crippen molar-refractivity contribution in [2.24, 2.45) is 35.3 Å². The minimum absolute atomic E-state index is 0.0457. The highest BCUT2D eigenvalue weighted by atomic mass is 16.5. The van der Waals surface area contributed by atoms with Gasteiger partial charge in [0.05, 0.1) is 6.61 Å². The van der Waals surface area contributed by atoms with Crippen LogP contribution < -0.4 is 5.73 Å². The maximum absolute atomic E-state index is 11.9. The zero-order valence-electron chi connectivity index (χ0n) is 12.0. The lowest BCUT2D eigenvalue weighted by molar-refractivity contribution is -0.138. The number of ether oxygens (including phenoxy) is 1. The minimum atomic E-state index is -0.554. The van der Waals surface area contributed by atoms with Gasteiger partial charge in [-0.1, -0.05) is 0 Å². The van der Waals surface area contributed by atoms with E-state index >= 15 is 0 Å². The van der Waals surface area contributed by atoms with Crippen LogP contribution in [-0.2, 0) is 9.53 Å². The number of carbonyl (C=O) groups is 1. The van der Waals surface area contributed by atoms with Gasteiger partial charge < -0.3 is 10.5 Å². The number of nitrogens with zero attached hydrogens (tertiary/aromatic N) is 1. The first-order chi connectivity index (χ1) is 9.63. The fourth-order valence-corrected chi connectivity index (χ4v) is 5.03. The zero-order valence-corrected chi connectivity index (χ0v) is 12.0. The van der Waals surface area contributed by atoms with E-state index in [1.165, 1.54) is 32.1 Å². The van der Waals surface area contributed by atoms with E-state index in [0.717, 1.165) is 11.8 Å². The van der Waals surface area contributed by atoms with Gasteiger partial charge in [-0.05, 0) is 62.7 Å². The highest BCUT2D eigenvalue weighted by Crippen LogP contribution is 2.57. The summed E-state index contributed by atoms with van der Waals surface area (Å²) < 4.78 is 4.96. The summed E-state index contributed by atoms with van der Waals surface area (Å²) in [6, 6.07) is 1.98. The predicted molar refractivity (Wildman–Crippen MR) is 74.0 cm³/mol. The van der Waals surface area contributed by atoms with E-state index in [9.17, 15) is 10.1 Å².